The fourth-order valence-electron chi connectivity index (χ4n) is 3.88. The third-order valence-electron chi connectivity index (χ3n) is 5.02. The third-order valence-corrected chi connectivity index (χ3v) is 5.02. The number of fused-ring (bicyclic) bond motifs is 3. The number of rotatable bonds is 5. The Hall–Kier alpha value is -2.73. The van der Waals surface area contributed by atoms with Crippen LogP contribution >= 0.6 is 0 Å². The Balaban J connectivity index is 1.68. The number of hydrogen-bond acceptors (Lipinski definition) is 4. The number of carbonyl (C=O) groups is 1. The van der Waals surface area contributed by atoms with Gasteiger partial charge in [0.2, 0.25) is 0 Å². The van der Waals surface area contributed by atoms with Crippen LogP contribution in [0.3, 0.4) is 0 Å². The minimum absolute atomic E-state index is 0.161. The van der Waals surface area contributed by atoms with Crippen molar-refractivity contribution < 1.29 is 13.9 Å². The van der Waals surface area contributed by atoms with Crippen molar-refractivity contribution in [2.45, 2.75) is 33.0 Å². The van der Waals surface area contributed by atoms with Gasteiger partial charge >= 0.3 is 5.97 Å². The van der Waals surface area contributed by atoms with Crippen molar-refractivity contribution >= 4 is 16.9 Å². The Morgan fingerprint density at radius 2 is 2.22 bits per heavy atom. The van der Waals surface area contributed by atoms with Crippen LogP contribution in [-0.2, 0) is 35.6 Å². The number of carbonyl (C=O) groups excluding carboxylic acids is 1. The van der Waals surface area contributed by atoms with Crippen LogP contribution in [0.1, 0.15) is 23.7 Å². The summed E-state index contributed by atoms with van der Waals surface area (Å²) in [6, 6.07) is 8.78. The summed E-state index contributed by atoms with van der Waals surface area (Å²) >= 11 is 0. The Bertz CT molecular complexity index is 968. The molecule has 2 aromatic heterocycles. The lowest BCUT2D eigenvalue weighted by Crippen LogP contribution is -2.31. The van der Waals surface area contributed by atoms with E-state index < -0.39 is 0 Å². The normalized spacial score (nSPS) is 14.3. The molecule has 1 aromatic carbocycles. The first kappa shape index (κ1) is 17.7. The highest BCUT2D eigenvalue weighted by Crippen LogP contribution is 2.32. The van der Waals surface area contributed by atoms with Crippen molar-refractivity contribution in [3.8, 4) is 0 Å². The number of halogens is 1. The second-order valence-corrected chi connectivity index (χ2v) is 6.80. The number of esters is 1. The van der Waals surface area contributed by atoms with Crippen LogP contribution in [0.4, 0.5) is 4.39 Å². The average molecular weight is 367 g/mol. The molecule has 140 valence electrons. The van der Waals surface area contributed by atoms with Crippen molar-refractivity contribution in [2.24, 2.45) is 0 Å². The first-order valence-corrected chi connectivity index (χ1v) is 9.22. The highest BCUT2D eigenvalue weighted by atomic mass is 19.1. The lowest BCUT2D eigenvalue weighted by molar-refractivity contribution is -0.143. The van der Waals surface area contributed by atoms with Crippen LogP contribution in [-0.4, -0.2) is 33.6 Å². The molecule has 27 heavy (non-hydrogen) atoms. The largest absolute Gasteiger partial charge is 0.465 e. The zero-order valence-electron chi connectivity index (χ0n) is 15.3. The molecule has 6 heteroatoms. The van der Waals surface area contributed by atoms with Gasteiger partial charge in [0.25, 0.3) is 0 Å². The van der Waals surface area contributed by atoms with E-state index in [1.165, 1.54) is 6.07 Å². The van der Waals surface area contributed by atoms with E-state index in [4.69, 9.17) is 4.74 Å². The van der Waals surface area contributed by atoms with E-state index >= 15 is 0 Å². The van der Waals surface area contributed by atoms with Gasteiger partial charge in [0.05, 0.1) is 6.61 Å². The van der Waals surface area contributed by atoms with E-state index in [1.807, 2.05) is 16.8 Å². The lowest BCUT2D eigenvalue weighted by atomic mass is 10.0. The van der Waals surface area contributed by atoms with Crippen molar-refractivity contribution in [2.75, 3.05) is 13.2 Å². The second kappa shape index (κ2) is 7.48. The zero-order valence-corrected chi connectivity index (χ0v) is 15.3. The fourth-order valence-corrected chi connectivity index (χ4v) is 3.88. The molecule has 0 saturated heterocycles. The Morgan fingerprint density at radius 1 is 1.33 bits per heavy atom. The molecular weight excluding hydrogens is 345 g/mol. The van der Waals surface area contributed by atoms with Crippen LogP contribution < -0.4 is 0 Å². The molecule has 0 amide bonds. The average Bonchev–Trinajstić information content (AvgIpc) is 2.95. The van der Waals surface area contributed by atoms with E-state index in [9.17, 15) is 9.18 Å². The van der Waals surface area contributed by atoms with Gasteiger partial charge in [-0.1, -0.05) is 6.07 Å². The molecule has 0 unspecified atom stereocenters. The SMILES string of the molecule is CCOC(=O)Cn1c2c(c3cc(F)ccc31)CN(Cc1cccnc1)CC2. The molecule has 1 aliphatic heterocycles. The summed E-state index contributed by atoms with van der Waals surface area (Å²) in [5.74, 6) is -0.526. The summed E-state index contributed by atoms with van der Waals surface area (Å²) in [6.07, 6.45) is 4.45. The number of ether oxygens (including phenoxy) is 1. The number of aromatic nitrogens is 2. The smallest absolute Gasteiger partial charge is 0.325 e. The van der Waals surface area contributed by atoms with E-state index in [1.54, 1.807) is 25.3 Å². The van der Waals surface area contributed by atoms with Gasteiger partial charge in [-0.25, -0.2) is 4.39 Å². The first-order valence-electron chi connectivity index (χ1n) is 9.22. The van der Waals surface area contributed by atoms with Gasteiger partial charge in [0.15, 0.2) is 0 Å². The third kappa shape index (κ3) is 3.57. The maximum absolute atomic E-state index is 13.9. The summed E-state index contributed by atoms with van der Waals surface area (Å²) in [6.45, 7) is 4.71. The second-order valence-electron chi connectivity index (χ2n) is 6.80. The zero-order chi connectivity index (χ0) is 18.8. The summed E-state index contributed by atoms with van der Waals surface area (Å²) in [5, 5.41) is 0.880. The Morgan fingerprint density at radius 3 is 3.00 bits per heavy atom. The summed E-state index contributed by atoms with van der Waals surface area (Å²) < 4.78 is 21.0. The molecule has 0 radical (unpaired) electrons. The van der Waals surface area contributed by atoms with Crippen molar-refractivity contribution in [1.82, 2.24) is 14.5 Å². The predicted molar refractivity (Wildman–Crippen MR) is 101 cm³/mol. The molecule has 0 N–H and O–H groups in total. The van der Waals surface area contributed by atoms with Gasteiger partial charge in [0, 0.05) is 55.0 Å². The predicted octanol–water partition coefficient (Wildman–Crippen LogP) is 3.30. The first-order chi connectivity index (χ1) is 13.2. The molecular formula is C21H22FN3O2. The van der Waals surface area contributed by atoms with Gasteiger partial charge in [-0.3, -0.25) is 14.7 Å². The van der Waals surface area contributed by atoms with E-state index in [0.29, 0.717) is 6.61 Å². The summed E-state index contributed by atoms with van der Waals surface area (Å²) in [7, 11) is 0. The summed E-state index contributed by atoms with van der Waals surface area (Å²) in [5.41, 5.74) is 4.25. The van der Waals surface area contributed by atoms with Crippen molar-refractivity contribution in [3.05, 3.63) is 65.4 Å². The molecule has 3 aromatic rings. The quantitative estimate of drug-likeness (QED) is 0.649. The maximum atomic E-state index is 13.9. The molecule has 0 atom stereocenters. The van der Waals surface area contributed by atoms with Crippen LogP contribution in [0.5, 0.6) is 0 Å². The van der Waals surface area contributed by atoms with Crippen LogP contribution in [0.25, 0.3) is 10.9 Å². The van der Waals surface area contributed by atoms with E-state index in [-0.39, 0.29) is 18.3 Å². The maximum Gasteiger partial charge on any atom is 0.325 e. The molecule has 4 rings (SSSR count). The Kier molecular flexibility index (Phi) is 4.90. The highest BCUT2D eigenvalue weighted by molar-refractivity contribution is 5.87. The van der Waals surface area contributed by atoms with Crippen LogP contribution in [0.15, 0.2) is 42.7 Å². The minimum atomic E-state index is -0.265. The summed E-state index contributed by atoms with van der Waals surface area (Å²) in [4.78, 5) is 18.6. The molecule has 0 fully saturated rings. The lowest BCUT2D eigenvalue weighted by Gasteiger charge is -2.28. The molecule has 3 heterocycles. The number of pyridine rings is 1. The van der Waals surface area contributed by atoms with Gasteiger partial charge in [-0.05, 0) is 42.3 Å². The van der Waals surface area contributed by atoms with Crippen LogP contribution in [0.2, 0.25) is 0 Å². The Labute approximate surface area is 157 Å². The van der Waals surface area contributed by atoms with Gasteiger partial charge in [-0.15, -0.1) is 0 Å². The molecule has 0 spiro atoms. The standard InChI is InChI=1S/C21H22FN3O2/c1-2-27-21(26)14-25-19-6-5-16(22)10-17(19)18-13-24(9-7-20(18)25)12-15-4-3-8-23-11-15/h3-6,8,10-11H,2,7,9,12-14H2,1H3. The topological polar surface area (TPSA) is 47.4 Å². The van der Waals surface area contributed by atoms with Gasteiger partial charge in [0.1, 0.15) is 12.4 Å². The molecule has 5 nitrogen and oxygen atoms in total. The minimum Gasteiger partial charge on any atom is -0.465 e. The number of nitrogens with zero attached hydrogens (tertiary/aromatic N) is 3. The molecule has 1 aliphatic rings. The number of benzene rings is 1. The van der Waals surface area contributed by atoms with E-state index in [2.05, 4.69) is 16.0 Å². The van der Waals surface area contributed by atoms with Crippen molar-refractivity contribution in [1.29, 1.82) is 0 Å². The number of hydrogen-bond donors (Lipinski definition) is 0. The fraction of sp³-hybridized carbons (Fsp3) is 0.333. The van der Waals surface area contributed by atoms with Crippen molar-refractivity contribution in [3.63, 3.8) is 0 Å². The monoisotopic (exact) mass is 367 g/mol. The van der Waals surface area contributed by atoms with Gasteiger partial charge in [-0.2, -0.15) is 0 Å². The van der Waals surface area contributed by atoms with E-state index in [0.717, 1.165) is 53.8 Å². The molecule has 0 bridgehead atoms. The van der Waals surface area contributed by atoms with Crippen LogP contribution in [0, 0.1) is 5.82 Å². The molecule has 0 saturated carbocycles. The molecule has 0 aliphatic carbocycles. The highest BCUT2D eigenvalue weighted by Gasteiger charge is 2.25. The van der Waals surface area contributed by atoms with Gasteiger partial charge < -0.3 is 9.30 Å².